The van der Waals surface area contributed by atoms with E-state index in [2.05, 4.69) is 56.4 Å². The molecule has 1 unspecified atom stereocenters. The molecule has 0 heterocycles. The van der Waals surface area contributed by atoms with E-state index in [1.54, 1.807) is 6.08 Å². The number of ketones is 1. The number of ether oxygens (including phenoxy) is 2. The van der Waals surface area contributed by atoms with E-state index < -0.39 is 14.1 Å². The van der Waals surface area contributed by atoms with E-state index >= 15 is 0 Å². The number of hydrogen-bond acceptors (Lipinski definition) is 4. The Bertz CT molecular complexity index is 583. The molecule has 26 heavy (non-hydrogen) atoms. The lowest BCUT2D eigenvalue weighted by Crippen LogP contribution is -2.49. The summed E-state index contributed by atoms with van der Waals surface area (Å²) in [6.45, 7) is 14.8. The van der Waals surface area contributed by atoms with E-state index in [4.69, 9.17) is 13.9 Å². The van der Waals surface area contributed by atoms with Crippen molar-refractivity contribution in [2.75, 3.05) is 14.2 Å². The van der Waals surface area contributed by atoms with Gasteiger partial charge in [-0.2, -0.15) is 0 Å². The second-order valence-corrected chi connectivity index (χ2v) is 13.8. The zero-order valence-corrected chi connectivity index (χ0v) is 19.7. The molecule has 0 saturated heterocycles. The Morgan fingerprint density at radius 1 is 1.31 bits per heavy atom. The van der Waals surface area contributed by atoms with Crippen molar-refractivity contribution < 1.29 is 18.7 Å². The predicted molar refractivity (Wildman–Crippen MR) is 113 cm³/mol. The Balaban J connectivity index is 3.27. The Morgan fingerprint density at radius 2 is 1.88 bits per heavy atom. The Hall–Kier alpha value is -0.533. The molecule has 0 N–H and O–H groups in total. The molecule has 0 spiro atoms. The molecule has 0 radical (unpaired) electrons. The third-order valence-electron chi connectivity index (χ3n) is 5.27. The first-order valence-corrected chi connectivity index (χ1v) is 12.7. The summed E-state index contributed by atoms with van der Waals surface area (Å²) in [5.41, 5.74) is 0.594. The maximum atomic E-state index is 13.2. The molecule has 1 atom stereocenters. The summed E-state index contributed by atoms with van der Waals surface area (Å²) in [5, 5.41) is 0.0502. The molecule has 1 rings (SSSR count). The van der Waals surface area contributed by atoms with Gasteiger partial charge in [0.05, 0.1) is 6.10 Å². The SMILES string of the molecule is C=CCCCC(O[Si](C)(C)C(C)(C)C)C1=CC(Br)=CC(OC)(OC)C1=O. The van der Waals surface area contributed by atoms with Gasteiger partial charge in [0.1, 0.15) is 0 Å². The minimum atomic E-state index is -2.07. The normalized spacial score (nSPS) is 19.0. The van der Waals surface area contributed by atoms with Gasteiger partial charge in [0.15, 0.2) is 8.32 Å². The van der Waals surface area contributed by atoms with Crippen LogP contribution in [0.4, 0.5) is 0 Å². The summed E-state index contributed by atoms with van der Waals surface area (Å²) in [7, 11) is 0.884. The number of Topliss-reactive ketones (excluding diaryl/α,β-unsaturated/α-hetero) is 1. The van der Waals surface area contributed by atoms with E-state index in [0.717, 1.165) is 23.7 Å². The molecule has 6 heteroatoms. The highest BCUT2D eigenvalue weighted by Gasteiger charge is 2.46. The van der Waals surface area contributed by atoms with Crippen LogP contribution in [-0.2, 0) is 18.7 Å². The average Bonchev–Trinajstić information content (AvgIpc) is 2.55. The lowest BCUT2D eigenvalue weighted by atomic mass is 9.91. The van der Waals surface area contributed by atoms with E-state index in [9.17, 15) is 4.79 Å². The van der Waals surface area contributed by atoms with Gasteiger partial charge in [-0.1, -0.05) is 42.8 Å². The quantitative estimate of drug-likeness (QED) is 0.203. The van der Waals surface area contributed by atoms with Gasteiger partial charge in [0.25, 0.3) is 5.79 Å². The minimum absolute atomic E-state index is 0.0502. The maximum absolute atomic E-state index is 13.2. The molecular weight excluding hydrogens is 412 g/mol. The molecule has 0 amide bonds. The molecule has 0 saturated carbocycles. The van der Waals surface area contributed by atoms with Crippen LogP contribution >= 0.6 is 15.9 Å². The van der Waals surface area contributed by atoms with Crippen molar-refractivity contribution in [1.29, 1.82) is 0 Å². The third kappa shape index (κ3) is 5.26. The number of carbonyl (C=O) groups excluding carboxylic acids is 1. The monoisotopic (exact) mass is 444 g/mol. The largest absolute Gasteiger partial charge is 0.410 e. The van der Waals surface area contributed by atoms with Gasteiger partial charge in [-0.15, -0.1) is 6.58 Å². The molecule has 4 nitrogen and oxygen atoms in total. The van der Waals surface area contributed by atoms with Crippen LogP contribution in [0.25, 0.3) is 0 Å². The second-order valence-electron chi connectivity index (χ2n) is 8.12. The van der Waals surface area contributed by atoms with Crippen molar-refractivity contribution in [3.63, 3.8) is 0 Å². The fourth-order valence-corrected chi connectivity index (χ4v) is 4.45. The smallest absolute Gasteiger partial charge is 0.254 e. The number of carbonyl (C=O) groups is 1. The number of allylic oxidation sites excluding steroid dienone is 3. The highest BCUT2D eigenvalue weighted by atomic mass is 79.9. The number of rotatable bonds is 9. The highest BCUT2D eigenvalue weighted by molar-refractivity contribution is 9.11. The number of methoxy groups -OCH3 is 2. The fourth-order valence-electron chi connectivity index (χ4n) is 2.59. The first-order chi connectivity index (χ1) is 11.9. The van der Waals surface area contributed by atoms with Gasteiger partial charge in [-0.25, -0.2) is 0 Å². The summed E-state index contributed by atoms with van der Waals surface area (Å²) < 4.78 is 18.3. The van der Waals surface area contributed by atoms with Crippen LogP contribution in [0, 0.1) is 0 Å². The standard InChI is InChI=1S/C20H33BrO4Si/c1-9-10-11-12-17(25-26(7,8)19(2,3)4)16-13-15(21)14-20(23-5,24-6)18(16)22/h9,13-14,17H,1,10-12H2,2-8H3. The van der Waals surface area contributed by atoms with E-state index in [-0.39, 0.29) is 16.9 Å². The van der Waals surface area contributed by atoms with Gasteiger partial charge >= 0.3 is 0 Å². The summed E-state index contributed by atoms with van der Waals surface area (Å²) in [5.74, 6) is -1.61. The fraction of sp³-hybridized carbons (Fsp3) is 0.650. The van der Waals surface area contributed by atoms with Gasteiger partial charge in [-0.3, -0.25) is 4.79 Å². The minimum Gasteiger partial charge on any atom is -0.410 e. The Labute approximate surface area is 167 Å². The predicted octanol–water partition coefficient (Wildman–Crippen LogP) is 5.51. The lowest BCUT2D eigenvalue weighted by Gasteiger charge is -2.41. The van der Waals surface area contributed by atoms with Crippen molar-refractivity contribution in [2.24, 2.45) is 0 Å². The van der Waals surface area contributed by atoms with Crippen molar-refractivity contribution in [3.8, 4) is 0 Å². The number of hydrogen-bond donors (Lipinski definition) is 0. The average molecular weight is 445 g/mol. The van der Waals surface area contributed by atoms with E-state index in [1.165, 1.54) is 14.2 Å². The van der Waals surface area contributed by atoms with Crippen LogP contribution in [0.5, 0.6) is 0 Å². The first kappa shape index (κ1) is 23.5. The molecule has 0 aromatic rings. The number of halogens is 1. The molecule has 0 bridgehead atoms. The van der Waals surface area contributed by atoms with Crippen LogP contribution < -0.4 is 0 Å². The first-order valence-electron chi connectivity index (χ1n) is 8.98. The number of unbranched alkanes of at least 4 members (excludes halogenated alkanes) is 1. The van der Waals surface area contributed by atoms with E-state index in [0.29, 0.717) is 5.57 Å². The summed E-state index contributed by atoms with van der Waals surface area (Å²) in [4.78, 5) is 13.2. The Kier molecular flexibility index (Phi) is 8.23. The van der Waals surface area contributed by atoms with Crippen LogP contribution in [0.2, 0.25) is 18.1 Å². The third-order valence-corrected chi connectivity index (χ3v) is 10.2. The molecule has 0 fully saturated rings. The molecule has 1 aliphatic rings. The molecule has 148 valence electrons. The van der Waals surface area contributed by atoms with Gasteiger partial charge in [0.2, 0.25) is 5.78 Å². The van der Waals surface area contributed by atoms with Crippen molar-refractivity contribution in [3.05, 3.63) is 34.9 Å². The van der Waals surface area contributed by atoms with Gasteiger partial charge in [-0.05, 0) is 49.5 Å². The van der Waals surface area contributed by atoms with Crippen molar-refractivity contribution in [2.45, 2.75) is 70.1 Å². The van der Waals surface area contributed by atoms with Gasteiger partial charge < -0.3 is 13.9 Å². The van der Waals surface area contributed by atoms with Crippen LogP contribution in [-0.4, -0.2) is 40.2 Å². The Morgan fingerprint density at radius 3 is 2.35 bits per heavy atom. The second kappa shape index (κ2) is 9.11. The molecular formula is C20H33BrO4Si. The summed E-state index contributed by atoms with van der Waals surface area (Å²) >= 11 is 3.49. The van der Waals surface area contributed by atoms with E-state index in [1.807, 2.05) is 12.2 Å². The zero-order valence-electron chi connectivity index (χ0n) is 17.1. The summed E-state index contributed by atoms with van der Waals surface area (Å²) in [6, 6.07) is 0. The van der Waals surface area contributed by atoms with Crippen molar-refractivity contribution in [1.82, 2.24) is 0 Å². The summed E-state index contributed by atoms with van der Waals surface area (Å²) in [6.07, 6.45) is 7.62. The zero-order chi connectivity index (χ0) is 20.2. The van der Waals surface area contributed by atoms with Crippen LogP contribution in [0.15, 0.2) is 34.9 Å². The van der Waals surface area contributed by atoms with Gasteiger partial charge in [0, 0.05) is 24.3 Å². The highest BCUT2D eigenvalue weighted by Crippen LogP contribution is 2.40. The van der Waals surface area contributed by atoms with Crippen LogP contribution in [0.1, 0.15) is 40.0 Å². The van der Waals surface area contributed by atoms with Crippen LogP contribution in [0.3, 0.4) is 0 Å². The maximum Gasteiger partial charge on any atom is 0.254 e. The van der Waals surface area contributed by atoms with Crippen molar-refractivity contribution >= 4 is 30.0 Å². The molecule has 0 aromatic heterocycles. The topological polar surface area (TPSA) is 44.8 Å². The lowest BCUT2D eigenvalue weighted by molar-refractivity contribution is -0.183. The molecule has 1 aliphatic carbocycles. The molecule has 0 aromatic carbocycles. The molecule has 0 aliphatic heterocycles.